The first-order chi connectivity index (χ1) is 10.2. The van der Waals surface area contributed by atoms with Crippen molar-refractivity contribution in [3.05, 3.63) is 0 Å². The van der Waals surface area contributed by atoms with E-state index in [2.05, 4.69) is 6.92 Å². The highest BCUT2D eigenvalue weighted by molar-refractivity contribution is 5.67. The molecular formula is C19H36O2. The standard InChI is InChI=1S/C19H36O2/c1-2-3-4-5-6-7-8-9-11-14-19(17-18(20)21)15-12-10-13-16-19/h2-17H2,1H3,(H,20,21). The molecule has 2 heteroatoms. The summed E-state index contributed by atoms with van der Waals surface area (Å²) in [4.78, 5) is 11.1. The van der Waals surface area contributed by atoms with Crippen LogP contribution in [0.25, 0.3) is 0 Å². The SMILES string of the molecule is CCCCCCCCCCCC1(CC(=O)O)CCCCC1. The van der Waals surface area contributed by atoms with Crippen LogP contribution in [0.15, 0.2) is 0 Å². The number of hydrogen-bond donors (Lipinski definition) is 1. The van der Waals surface area contributed by atoms with Gasteiger partial charge in [0.2, 0.25) is 0 Å². The summed E-state index contributed by atoms with van der Waals surface area (Å²) in [6.45, 7) is 2.26. The average molecular weight is 296 g/mol. The third kappa shape index (κ3) is 8.48. The molecule has 1 aliphatic carbocycles. The van der Waals surface area contributed by atoms with Crippen LogP contribution in [-0.4, -0.2) is 11.1 Å². The summed E-state index contributed by atoms with van der Waals surface area (Å²) in [5.41, 5.74) is 0.144. The molecule has 1 N–H and O–H groups in total. The average Bonchev–Trinajstić information content (AvgIpc) is 2.46. The van der Waals surface area contributed by atoms with Gasteiger partial charge in [-0.15, -0.1) is 0 Å². The highest BCUT2D eigenvalue weighted by Gasteiger charge is 2.33. The van der Waals surface area contributed by atoms with Crippen LogP contribution in [-0.2, 0) is 4.79 Å². The minimum Gasteiger partial charge on any atom is -0.481 e. The Morgan fingerprint density at radius 3 is 1.90 bits per heavy atom. The third-order valence-electron chi connectivity index (χ3n) is 5.25. The van der Waals surface area contributed by atoms with Gasteiger partial charge in [-0.05, 0) is 24.7 Å². The van der Waals surface area contributed by atoms with Crippen LogP contribution in [0, 0.1) is 5.41 Å². The topological polar surface area (TPSA) is 37.3 Å². The lowest BCUT2D eigenvalue weighted by Gasteiger charge is -2.36. The minimum absolute atomic E-state index is 0.144. The first-order valence-corrected chi connectivity index (χ1v) is 9.40. The number of rotatable bonds is 12. The van der Waals surface area contributed by atoms with Crippen molar-refractivity contribution in [2.24, 2.45) is 5.41 Å². The molecule has 0 aliphatic heterocycles. The lowest BCUT2D eigenvalue weighted by atomic mass is 9.69. The number of carboxylic acids is 1. The van der Waals surface area contributed by atoms with Crippen molar-refractivity contribution in [1.82, 2.24) is 0 Å². The van der Waals surface area contributed by atoms with Crippen molar-refractivity contribution < 1.29 is 9.90 Å². The molecule has 2 nitrogen and oxygen atoms in total. The Bertz CT molecular complexity index is 267. The molecule has 0 aromatic carbocycles. The van der Waals surface area contributed by atoms with E-state index in [1.54, 1.807) is 0 Å². The first-order valence-electron chi connectivity index (χ1n) is 9.40. The number of aliphatic carboxylic acids is 1. The predicted octanol–water partition coefficient (Wildman–Crippen LogP) is 6.33. The van der Waals surface area contributed by atoms with Gasteiger partial charge < -0.3 is 5.11 Å². The van der Waals surface area contributed by atoms with Crippen molar-refractivity contribution >= 4 is 5.97 Å². The van der Waals surface area contributed by atoms with E-state index < -0.39 is 5.97 Å². The molecule has 0 saturated heterocycles. The fourth-order valence-electron chi connectivity index (χ4n) is 3.95. The van der Waals surface area contributed by atoms with Gasteiger partial charge in [0.25, 0.3) is 0 Å². The van der Waals surface area contributed by atoms with Crippen LogP contribution >= 0.6 is 0 Å². The van der Waals surface area contributed by atoms with Gasteiger partial charge in [-0.25, -0.2) is 0 Å². The van der Waals surface area contributed by atoms with Crippen molar-refractivity contribution in [3.8, 4) is 0 Å². The Morgan fingerprint density at radius 2 is 1.38 bits per heavy atom. The van der Waals surface area contributed by atoms with Gasteiger partial charge in [-0.1, -0.05) is 84.0 Å². The molecule has 124 valence electrons. The van der Waals surface area contributed by atoms with Crippen LogP contribution in [0.4, 0.5) is 0 Å². The molecule has 0 heterocycles. The molecule has 0 bridgehead atoms. The van der Waals surface area contributed by atoms with E-state index in [0.717, 1.165) is 19.3 Å². The fourth-order valence-corrected chi connectivity index (χ4v) is 3.95. The number of carboxylic acid groups (broad SMARTS) is 1. The Hall–Kier alpha value is -0.530. The van der Waals surface area contributed by atoms with Gasteiger partial charge in [-0.2, -0.15) is 0 Å². The molecule has 0 unspecified atom stereocenters. The maximum atomic E-state index is 11.1. The van der Waals surface area contributed by atoms with E-state index >= 15 is 0 Å². The maximum absolute atomic E-state index is 11.1. The van der Waals surface area contributed by atoms with Crippen molar-refractivity contribution in [3.63, 3.8) is 0 Å². The molecule has 1 aliphatic rings. The monoisotopic (exact) mass is 296 g/mol. The van der Waals surface area contributed by atoms with E-state index in [-0.39, 0.29) is 5.41 Å². The predicted molar refractivity (Wildman–Crippen MR) is 89.6 cm³/mol. The molecule has 21 heavy (non-hydrogen) atoms. The summed E-state index contributed by atoms with van der Waals surface area (Å²) in [6.07, 6.45) is 19.8. The lowest BCUT2D eigenvalue weighted by Crippen LogP contribution is -2.27. The van der Waals surface area contributed by atoms with Crippen molar-refractivity contribution in [2.45, 2.75) is 110 Å². The molecule has 0 aromatic rings. The highest BCUT2D eigenvalue weighted by Crippen LogP contribution is 2.43. The largest absolute Gasteiger partial charge is 0.481 e. The number of hydrogen-bond acceptors (Lipinski definition) is 1. The van der Waals surface area contributed by atoms with Gasteiger partial charge in [-0.3, -0.25) is 4.79 Å². The fraction of sp³-hybridized carbons (Fsp3) is 0.947. The molecule has 1 saturated carbocycles. The second-order valence-corrected chi connectivity index (χ2v) is 7.21. The molecule has 0 aromatic heterocycles. The van der Waals surface area contributed by atoms with E-state index in [1.165, 1.54) is 77.0 Å². The van der Waals surface area contributed by atoms with E-state index in [0.29, 0.717) is 6.42 Å². The Morgan fingerprint density at radius 1 is 0.857 bits per heavy atom. The van der Waals surface area contributed by atoms with Crippen LogP contribution in [0.2, 0.25) is 0 Å². The number of unbranched alkanes of at least 4 members (excludes halogenated alkanes) is 8. The zero-order valence-corrected chi connectivity index (χ0v) is 14.2. The van der Waals surface area contributed by atoms with Crippen molar-refractivity contribution in [1.29, 1.82) is 0 Å². The molecule has 0 amide bonds. The summed E-state index contributed by atoms with van der Waals surface area (Å²) in [5.74, 6) is -0.590. The minimum atomic E-state index is -0.590. The molecule has 1 rings (SSSR count). The second kappa shape index (κ2) is 11.1. The third-order valence-corrected chi connectivity index (χ3v) is 5.25. The zero-order chi connectivity index (χ0) is 15.4. The Kier molecular flexibility index (Phi) is 9.78. The smallest absolute Gasteiger partial charge is 0.303 e. The van der Waals surface area contributed by atoms with Crippen LogP contribution in [0.3, 0.4) is 0 Å². The highest BCUT2D eigenvalue weighted by atomic mass is 16.4. The van der Waals surface area contributed by atoms with Gasteiger partial charge in [0, 0.05) is 0 Å². The van der Waals surface area contributed by atoms with Crippen molar-refractivity contribution in [2.75, 3.05) is 0 Å². The summed E-state index contributed by atoms with van der Waals surface area (Å²) < 4.78 is 0. The van der Waals surface area contributed by atoms with Gasteiger partial charge in [0.1, 0.15) is 0 Å². The Balaban J connectivity index is 2.09. The van der Waals surface area contributed by atoms with Gasteiger partial charge >= 0.3 is 5.97 Å². The first kappa shape index (κ1) is 18.5. The quantitative estimate of drug-likeness (QED) is 0.427. The van der Waals surface area contributed by atoms with Crippen LogP contribution in [0.5, 0.6) is 0 Å². The summed E-state index contributed by atoms with van der Waals surface area (Å²) >= 11 is 0. The van der Waals surface area contributed by atoms with E-state index in [1.807, 2.05) is 0 Å². The number of carbonyl (C=O) groups is 1. The second-order valence-electron chi connectivity index (χ2n) is 7.21. The summed E-state index contributed by atoms with van der Waals surface area (Å²) in [7, 11) is 0. The normalized spacial score (nSPS) is 17.8. The molecule has 0 spiro atoms. The lowest BCUT2D eigenvalue weighted by molar-refractivity contribution is -0.140. The molecule has 1 fully saturated rings. The maximum Gasteiger partial charge on any atom is 0.303 e. The zero-order valence-electron chi connectivity index (χ0n) is 14.2. The van der Waals surface area contributed by atoms with Gasteiger partial charge in [0.05, 0.1) is 6.42 Å². The summed E-state index contributed by atoms with van der Waals surface area (Å²) in [5, 5.41) is 9.17. The molecule has 0 atom stereocenters. The van der Waals surface area contributed by atoms with Gasteiger partial charge in [0.15, 0.2) is 0 Å². The Labute approximate surface area is 131 Å². The molecular weight excluding hydrogens is 260 g/mol. The van der Waals surface area contributed by atoms with Crippen LogP contribution < -0.4 is 0 Å². The van der Waals surface area contributed by atoms with E-state index in [4.69, 9.17) is 0 Å². The van der Waals surface area contributed by atoms with Crippen LogP contribution in [0.1, 0.15) is 110 Å². The summed E-state index contributed by atoms with van der Waals surface area (Å²) in [6, 6.07) is 0. The molecule has 0 radical (unpaired) electrons. The van der Waals surface area contributed by atoms with E-state index in [9.17, 15) is 9.90 Å².